The molecule has 0 atom stereocenters. The Bertz CT molecular complexity index is 1220. The fourth-order valence-corrected chi connectivity index (χ4v) is 4.21. The number of para-hydroxylation sites is 1. The number of thioether (sulfide) groups is 1. The molecular weight excluding hydrogens is 418 g/mol. The van der Waals surface area contributed by atoms with Gasteiger partial charge in [-0.25, -0.2) is 0 Å². The molecule has 6 nitrogen and oxygen atoms in total. The van der Waals surface area contributed by atoms with E-state index in [0.29, 0.717) is 11.0 Å². The van der Waals surface area contributed by atoms with Gasteiger partial charge in [0.15, 0.2) is 11.0 Å². The number of rotatable bonds is 7. The molecule has 0 unspecified atom stereocenters. The van der Waals surface area contributed by atoms with Crippen molar-refractivity contribution >= 4 is 23.4 Å². The number of carbonyl (C=O) groups excluding carboxylic acids is 1. The van der Waals surface area contributed by atoms with Crippen LogP contribution in [-0.4, -0.2) is 31.4 Å². The third-order valence-corrected chi connectivity index (χ3v) is 6.09. The van der Waals surface area contributed by atoms with Gasteiger partial charge in [-0.2, -0.15) is 0 Å². The zero-order chi connectivity index (χ0) is 22.5. The number of anilines is 1. The Morgan fingerprint density at radius 2 is 1.81 bits per heavy atom. The van der Waals surface area contributed by atoms with E-state index in [9.17, 15) is 4.79 Å². The number of nitrogens with one attached hydrogen (secondary N) is 1. The molecule has 0 aliphatic heterocycles. The third kappa shape index (κ3) is 4.73. The molecule has 2 heterocycles. The molecule has 0 aliphatic rings. The van der Waals surface area contributed by atoms with Crippen LogP contribution >= 0.6 is 11.8 Å². The molecule has 4 aromatic rings. The second-order valence-electron chi connectivity index (χ2n) is 7.49. The Labute approximate surface area is 192 Å². The van der Waals surface area contributed by atoms with E-state index < -0.39 is 0 Å². The van der Waals surface area contributed by atoms with Crippen molar-refractivity contribution in [3.63, 3.8) is 0 Å². The van der Waals surface area contributed by atoms with Gasteiger partial charge in [0.2, 0.25) is 5.91 Å². The Morgan fingerprint density at radius 3 is 2.53 bits per heavy atom. The molecule has 0 saturated carbocycles. The molecule has 0 radical (unpaired) electrons. The van der Waals surface area contributed by atoms with Crippen LogP contribution in [0.4, 0.5) is 5.69 Å². The van der Waals surface area contributed by atoms with Crippen LogP contribution in [0.5, 0.6) is 0 Å². The molecule has 2 aromatic carbocycles. The largest absolute Gasteiger partial charge is 0.325 e. The van der Waals surface area contributed by atoms with E-state index in [1.807, 2.05) is 79.1 Å². The van der Waals surface area contributed by atoms with Crippen molar-refractivity contribution in [2.45, 2.75) is 32.3 Å². The number of hydrogen-bond donors (Lipinski definition) is 1. The van der Waals surface area contributed by atoms with Gasteiger partial charge < -0.3 is 5.32 Å². The Balaban J connectivity index is 1.60. The van der Waals surface area contributed by atoms with E-state index in [1.54, 1.807) is 6.20 Å². The van der Waals surface area contributed by atoms with Gasteiger partial charge in [0.1, 0.15) is 5.69 Å². The summed E-state index contributed by atoms with van der Waals surface area (Å²) >= 11 is 1.36. The van der Waals surface area contributed by atoms with E-state index in [0.717, 1.165) is 34.6 Å². The van der Waals surface area contributed by atoms with E-state index in [1.165, 1.54) is 17.3 Å². The molecule has 2 aromatic heterocycles. The SMILES string of the molecule is CCc1cccc(C)c1NC(=O)CSc1nnc(-c2ccccn2)n1-c1ccc(C)cc1. The fourth-order valence-electron chi connectivity index (χ4n) is 3.46. The predicted octanol–water partition coefficient (Wildman–Crippen LogP) is 5.24. The number of amides is 1. The van der Waals surface area contributed by atoms with Crippen LogP contribution in [0.2, 0.25) is 0 Å². The lowest BCUT2D eigenvalue weighted by molar-refractivity contribution is -0.113. The molecule has 1 N–H and O–H groups in total. The standard InChI is InChI=1S/C25H25N5OS/c1-4-19-9-7-8-18(3)23(19)27-22(31)16-32-25-29-28-24(21-10-5-6-15-26-21)30(25)20-13-11-17(2)12-14-20/h5-15H,4,16H2,1-3H3,(H,27,31). The Morgan fingerprint density at radius 1 is 1.00 bits per heavy atom. The van der Waals surface area contributed by atoms with Crippen molar-refractivity contribution in [1.82, 2.24) is 19.7 Å². The van der Waals surface area contributed by atoms with Crippen LogP contribution in [0.15, 0.2) is 72.0 Å². The van der Waals surface area contributed by atoms with E-state index in [2.05, 4.69) is 27.4 Å². The van der Waals surface area contributed by atoms with Crippen LogP contribution in [0.1, 0.15) is 23.6 Å². The zero-order valence-corrected chi connectivity index (χ0v) is 19.2. The van der Waals surface area contributed by atoms with E-state index in [-0.39, 0.29) is 11.7 Å². The first-order valence-electron chi connectivity index (χ1n) is 10.5. The molecule has 32 heavy (non-hydrogen) atoms. The van der Waals surface area contributed by atoms with Crippen molar-refractivity contribution in [2.24, 2.45) is 0 Å². The summed E-state index contributed by atoms with van der Waals surface area (Å²) < 4.78 is 1.95. The monoisotopic (exact) mass is 443 g/mol. The molecule has 0 spiro atoms. The van der Waals surface area contributed by atoms with Gasteiger partial charge >= 0.3 is 0 Å². The fraction of sp³-hybridized carbons (Fsp3) is 0.200. The average molecular weight is 444 g/mol. The van der Waals surface area contributed by atoms with Gasteiger partial charge in [-0.15, -0.1) is 10.2 Å². The van der Waals surface area contributed by atoms with Gasteiger partial charge in [0.05, 0.1) is 5.75 Å². The number of nitrogens with zero attached hydrogens (tertiary/aromatic N) is 4. The number of pyridine rings is 1. The summed E-state index contributed by atoms with van der Waals surface area (Å²) in [5, 5.41) is 12.5. The topological polar surface area (TPSA) is 72.7 Å². The Hall–Kier alpha value is -3.45. The second-order valence-corrected chi connectivity index (χ2v) is 8.43. The van der Waals surface area contributed by atoms with Gasteiger partial charge in [0.25, 0.3) is 0 Å². The van der Waals surface area contributed by atoms with Crippen molar-refractivity contribution < 1.29 is 4.79 Å². The Kier molecular flexibility index (Phi) is 6.66. The minimum atomic E-state index is -0.0724. The average Bonchev–Trinajstić information content (AvgIpc) is 3.24. The maximum atomic E-state index is 12.8. The maximum Gasteiger partial charge on any atom is 0.234 e. The minimum Gasteiger partial charge on any atom is -0.325 e. The lowest BCUT2D eigenvalue weighted by Crippen LogP contribution is -2.16. The van der Waals surface area contributed by atoms with Crippen LogP contribution < -0.4 is 5.32 Å². The van der Waals surface area contributed by atoms with Crippen LogP contribution in [-0.2, 0) is 11.2 Å². The highest BCUT2D eigenvalue weighted by atomic mass is 32.2. The first-order chi connectivity index (χ1) is 15.6. The molecule has 0 aliphatic carbocycles. The first kappa shape index (κ1) is 21.8. The summed E-state index contributed by atoms with van der Waals surface area (Å²) in [6, 6.07) is 19.9. The van der Waals surface area contributed by atoms with E-state index >= 15 is 0 Å². The quantitative estimate of drug-likeness (QED) is 0.396. The summed E-state index contributed by atoms with van der Waals surface area (Å²) in [4.78, 5) is 17.2. The summed E-state index contributed by atoms with van der Waals surface area (Å²) in [7, 11) is 0. The number of hydrogen-bond acceptors (Lipinski definition) is 5. The highest BCUT2D eigenvalue weighted by molar-refractivity contribution is 7.99. The van der Waals surface area contributed by atoms with Gasteiger partial charge in [0, 0.05) is 17.6 Å². The molecule has 162 valence electrons. The summed E-state index contributed by atoms with van der Waals surface area (Å²) in [5.74, 6) is 0.797. The highest BCUT2D eigenvalue weighted by Crippen LogP contribution is 2.28. The smallest absolute Gasteiger partial charge is 0.234 e. The maximum absolute atomic E-state index is 12.8. The molecule has 0 fully saturated rings. The minimum absolute atomic E-state index is 0.0724. The summed E-state index contributed by atoms with van der Waals surface area (Å²) in [6.07, 6.45) is 2.59. The number of aromatic nitrogens is 4. The molecule has 7 heteroatoms. The predicted molar refractivity (Wildman–Crippen MR) is 129 cm³/mol. The lowest BCUT2D eigenvalue weighted by atomic mass is 10.1. The molecule has 4 rings (SSSR count). The lowest BCUT2D eigenvalue weighted by Gasteiger charge is -2.13. The normalized spacial score (nSPS) is 10.8. The summed E-state index contributed by atoms with van der Waals surface area (Å²) in [6.45, 7) is 6.14. The number of aryl methyl sites for hydroxylation is 3. The third-order valence-electron chi connectivity index (χ3n) is 5.16. The first-order valence-corrected chi connectivity index (χ1v) is 11.5. The number of benzene rings is 2. The van der Waals surface area contributed by atoms with Crippen molar-refractivity contribution in [1.29, 1.82) is 0 Å². The molecular formula is C25H25N5OS. The van der Waals surface area contributed by atoms with Crippen molar-refractivity contribution in [2.75, 3.05) is 11.1 Å². The van der Waals surface area contributed by atoms with E-state index in [4.69, 9.17) is 0 Å². The molecule has 1 amide bonds. The van der Waals surface area contributed by atoms with Gasteiger partial charge in [-0.05, 0) is 55.7 Å². The van der Waals surface area contributed by atoms with Crippen molar-refractivity contribution in [3.05, 3.63) is 83.6 Å². The summed E-state index contributed by atoms with van der Waals surface area (Å²) in [5.41, 5.74) is 5.90. The van der Waals surface area contributed by atoms with Crippen LogP contribution in [0, 0.1) is 13.8 Å². The molecule has 0 saturated heterocycles. The van der Waals surface area contributed by atoms with Crippen molar-refractivity contribution in [3.8, 4) is 17.2 Å². The number of carbonyl (C=O) groups is 1. The van der Waals surface area contributed by atoms with Gasteiger partial charge in [-0.3, -0.25) is 14.3 Å². The zero-order valence-electron chi connectivity index (χ0n) is 18.4. The van der Waals surface area contributed by atoms with Crippen LogP contribution in [0.25, 0.3) is 17.2 Å². The molecule has 0 bridgehead atoms. The van der Waals surface area contributed by atoms with Crippen LogP contribution in [0.3, 0.4) is 0 Å². The second kappa shape index (κ2) is 9.78. The van der Waals surface area contributed by atoms with Gasteiger partial charge in [-0.1, -0.05) is 60.6 Å². The highest BCUT2D eigenvalue weighted by Gasteiger charge is 2.18.